The summed E-state index contributed by atoms with van der Waals surface area (Å²) < 4.78 is 0. The number of nitrogens with zero attached hydrogens (tertiary/aromatic N) is 4. The van der Waals surface area contributed by atoms with E-state index in [4.69, 9.17) is 0 Å². The third kappa shape index (κ3) is 5.12. The van der Waals surface area contributed by atoms with Crippen LogP contribution in [0.5, 0.6) is 0 Å². The number of amides is 1. The van der Waals surface area contributed by atoms with Crippen molar-refractivity contribution in [3.63, 3.8) is 0 Å². The molecule has 0 aromatic heterocycles. The molecule has 2 aliphatic carbocycles. The fourth-order valence-corrected chi connectivity index (χ4v) is 4.64. The summed E-state index contributed by atoms with van der Waals surface area (Å²) in [5.74, 6) is 2.80. The number of piperazine rings is 1. The molecule has 26 heavy (non-hydrogen) atoms. The minimum Gasteiger partial charge on any atom is -0.353 e. The Hall–Kier alpha value is -0.830. The molecule has 0 spiro atoms. The number of carbonyl (C=O) groups excluding carboxylic acids is 1. The summed E-state index contributed by atoms with van der Waals surface area (Å²) in [7, 11) is 3.53. The summed E-state index contributed by atoms with van der Waals surface area (Å²) in [6.07, 6.45) is 7.61. The van der Waals surface area contributed by atoms with E-state index in [9.17, 15) is 4.79 Å². The highest BCUT2D eigenvalue weighted by Gasteiger charge is 2.42. The van der Waals surface area contributed by atoms with Crippen molar-refractivity contribution in [2.75, 3.05) is 53.4 Å². The Kier molecular flexibility index (Phi) is 8.19. The first-order chi connectivity index (χ1) is 12.1. The van der Waals surface area contributed by atoms with Gasteiger partial charge in [-0.25, -0.2) is 4.99 Å². The topological polar surface area (TPSA) is 51.2 Å². The molecule has 3 atom stereocenters. The maximum atomic E-state index is 11.8. The fourth-order valence-electron chi connectivity index (χ4n) is 4.64. The Morgan fingerprint density at radius 3 is 2.50 bits per heavy atom. The van der Waals surface area contributed by atoms with Crippen molar-refractivity contribution < 1.29 is 4.79 Å². The summed E-state index contributed by atoms with van der Waals surface area (Å²) in [6.45, 7) is 8.79. The Morgan fingerprint density at radius 1 is 1.23 bits per heavy atom. The quantitative estimate of drug-likeness (QED) is 0.284. The Labute approximate surface area is 175 Å². The van der Waals surface area contributed by atoms with E-state index in [1.807, 2.05) is 6.08 Å². The average molecular weight is 475 g/mol. The maximum absolute atomic E-state index is 11.8. The number of aliphatic imine (C=N–C) groups is 1. The predicted octanol–water partition coefficient (Wildman–Crippen LogP) is 1.63. The lowest BCUT2D eigenvalue weighted by molar-refractivity contribution is -0.127. The highest BCUT2D eigenvalue weighted by Crippen LogP contribution is 2.46. The molecular formula is C19H34IN5O. The lowest BCUT2D eigenvalue weighted by Gasteiger charge is -2.42. The van der Waals surface area contributed by atoms with E-state index >= 15 is 0 Å². The van der Waals surface area contributed by atoms with Gasteiger partial charge in [0.1, 0.15) is 6.54 Å². The molecule has 148 valence electrons. The van der Waals surface area contributed by atoms with Gasteiger partial charge in [-0.3, -0.25) is 9.69 Å². The molecule has 1 aliphatic heterocycles. The third-order valence-corrected chi connectivity index (χ3v) is 6.05. The number of hydrogen-bond donors (Lipinski definition) is 1. The first kappa shape index (κ1) is 21.5. The highest BCUT2D eigenvalue weighted by atomic mass is 127. The zero-order valence-electron chi connectivity index (χ0n) is 16.2. The standard InChI is InChI=1S/C19H33N5O.HI/c1-4-7-20-19(21-14-18(25)22(2)3)24-10-8-23(9-11-24)17-13-15-5-6-16(17)12-15;/h4,15-17H,1,5-14H2,2-3H3,(H,20,21);1H. The molecule has 1 N–H and O–H groups in total. The van der Waals surface area contributed by atoms with E-state index in [1.165, 1.54) is 25.7 Å². The predicted molar refractivity (Wildman–Crippen MR) is 117 cm³/mol. The molecule has 3 aliphatic rings. The maximum Gasteiger partial charge on any atom is 0.243 e. The smallest absolute Gasteiger partial charge is 0.243 e. The summed E-state index contributed by atoms with van der Waals surface area (Å²) in [4.78, 5) is 23.0. The number of fused-ring (bicyclic) bond motifs is 2. The largest absolute Gasteiger partial charge is 0.353 e. The third-order valence-electron chi connectivity index (χ3n) is 6.05. The van der Waals surface area contributed by atoms with Crippen molar-refractivity contribution in [1.29, 1.82) is 0 Å². The summed E-state index contributed by atoms with van der Waals surface area (Å²) in [5.41, 5.74) is 0. The van der Waals surface area contributed by atoms with Crippen LogP contribution in [0.15, 0.2) is 17.6 Å². The summed E-state index contributed by atoms with van der Waals surface area (Å²) in [6, 6.07) is 0.817. The van der Waals surface area contributed by atoms with Crippen LogP contribution in [-0.4, -0.2) is 86.0 Å². The normalized spacial score (nSPS) is 28.6. The van der Waals surface area contributed by atoms with Crippen LogP contribution in [0, 0.1) is 11.8 Å². The molecule has 1 heterocycles. The Bertz CT molecular complexity index is 516. The van der Waals surface area contributed by atoms with E-state index in [1.54, 1.807) is 19.0 Å². The number of halogens is 1. The van der Waals surface area contributed by atoms with Crippen LogP contribution >= 0.6 is 24.0 Å². The summed E-state index contributed by atoms with van der Waals surface area (Å²) in [5, 5.41) is 3.31. The second-order valence-electron chi connectivity index (χ2n) is 7.86. The molecule has 0 aromatic carbocycles. The molecule has 6 nitrogen and oxygen atoms in total. The molecule has 7 heteroatoms. The fraction of sp³-hybridized carbons (Fsp3) is 0.789. The number of rotatable bonds is 5. The van der Waals surface area contributed by atoms with Crippen LogP contribution in [0.25, 0.3) is 0 Å². The van der Waals surface area contributed by atoms with Gasteiger partial charge in [-0.1, -0.05) is 12.5 Å². The molecule has 3 fully saturated rings. The van der Waals surface area contributed by atoms with Gasteiger partial charge in [0.25, 0.3) is 0 Å². The van der Waals surface area contributed by atoms with E-state index in [0.29, 0.717) is 6.54 Å². The monoisotopic (exact) mass is 475 g/mol. The average Bonchev–Trinajstić information content (AvgIpc) is 3.25. The van der Waals surface area contributed by atoms with Crippen molar-refractivity contribution in [3.05, 3.63) is 12.7 Å². The van der Waals surface area contributed by atoms with Crippen molar-refractivity contribution in [3.8, 4) is 0 Å². The van der Waals surface area contributed by atoms with Gasteiger partial charge < -0.3 is 15.1 Å². The number of guanidine groups is 1. The highest BCUT2D eigenvalue weighted by molar-refractivity contribution is 14.0. The molecule has 0 aromatic rings. The number of hydrogen-bond acceptors (Lipinski definition) is 3. The van der Waals surface area contributed by atoms with Crippen molar-refractivity contribution >= 4 is 35.8 Å². The first-order valence-corrected chi connectivity index (χ1v) is 9.67. The zero-order valence-corrected chi connectivity index (χ0v) is 18.5. The van der Waals surface area contributed by atoms with Gasteiger partial charge >= 0.3 is 0 Å². The van der Waals surface area contributed by atoms with Gasteiger partial charge in [0.2, 0.25) is 5.91 Å². The van der Waals surface area contributed by atoms with E-state index in [0.717, 1.165) is 50.0 Å². The lowest BCUT2D eigenvalue weighted by Crippen LogP contribution is -2.55. The van der Waals surface area contributed by atoms with Crippen molar-refractivity contribution in [2.24, 2.45) is 16.8 Å². The van der Waals surface area contributed by atoms with Gasteiger partial charge in [-0.15, -0.1) is 30.6 Å². The Balaban J connectivity index is 0.00000243. The van der Waals surface area contributed by atoms with Gasteiger partial charge in [0, 0.05) is 52.9 Å². The van der Waals surface area contributed by atoms with Crippen LogP contribution in [0.3, 0.4) is 0 Å². The van der Waals surface area contributed by atoms with E-state index < -0.39 is 0 Å². The number of carbonyl (C=O) groups is 1. The van der Waals surface area contributed by atoms with Crippen LogP contribution in [0.1, 0.15) is 25.7 Å². The molecule has 3 rings (SSSR count). The van der Waals surface area contributed by atoms with Crippen LogP contribution in [-0.2, 0) is 4.79 Å². The molecule has 2 bridgehead atoms. The van der Waals surface area contributed by atoms with Crippen LogP contribution < -0.4 is 5.32 Å². The van der Waals surface area contributed by atoms with E-state index in [2.05, 4.69) is 26.7 Å². The zero-order chi connectivity index (χ0) is 17.8. The molecular weight excluding hydrogens is 441 g/mol. The van der Waals surface area contributed by atoms with Crippen LogP contribution in [0.4, 0.5) is 0 Å². The first-order valence-electron chi connectivity index (χ1n) is 9.67. The number of nitrogens with one attached hydrogen (secondary N) is 1. The second-order valence-corrected chi connectivity index (χ2v) is 7.86. The Morgan fingerprint density at radius 2 is 1.96 bits per heavy atom. The van der Waals surface area contributed by atoms with Gasteiger partial charge in [0.15, 0.2) is 5.96 Å². The number of likely N-dealkylation sites (N-methyl/N-ethyl adjacent to an activating group) is 1. The van der Waals surface area contributed by atoms with Crippen LogP contribution in [0.2, 0.25) is 0 Å². The van der Waals surface area contributed by atoms with Crippen molar-refractivity contribution in [1.82, 2.24) is 20.0 Å². The van der Waals surface area contributed by atoms with Crippen molar-refractivity contribution in [2.45, 2.75) is 31.7 Å². The molecule has 1 amide bonds. The molecule has 3 unspecified atom stereocenters. The van der Waals surface area contributed by atoms with E-state index in [-0.39, 0.29) is 36.4 Å². The van der Waals surface area contributed by atoms with Gasteiger partial charge in [0.05, 0.1) is 0 Å². The minimum absolute atomic E-state index is 0. The second kappa shape index (κ2) is 9.92. The van der Waals surface area contributed by atoms with Gasteiger partial charge in [-0.05, 0) is 31.1 Å². The SMILES string of the molecule is C=CCNC(=NCC(=O)N(C)C)N1CCN(C2CC3CCC2C3)CC1.I. The molecule has 1 saturated heterocycles. The minimum atomic E-state index is 0. The molecule has 2 saturated carbocycles. The summed E-state index contributed by atoms with van der Waals surface area (Å²) >= 11 is 0. The lowest BCUT2D eigenvalue weighted by atomic mass is 9.93. The molecule has 0 radical (unpaired) electrons. The van der Waals surface area contributed by atoms with Gasteiger partial charge in [-0.2, -0.15) is 0 Å².